The highest BCUT2D eigenvalue weighted by Gasteiger charge is 2.27. The summed E-state index contributed by atoms with van der Waals surface area (Å²) < 4.78 is 42.5. The first-order valence-corrected chi connectivity index (χ1v) is 9.26. The van der Waals surface area contributed by atoms with Gasteiger partial charge in [0.25, 0.3) is 0 Å². The predicted octanol–water partition coefficient (Wildman–Crippen LogP) is 3.18. The first kappa shape index (κ1) is 21.5. The van der Waals surface area contributed by atoms with Crippen molar-refractivity contribution in [3.8, 4) is 0 Å². The number of ether oxygens (including phenoxy) is 1. The second-order valence-electron chi connectivity index (χ2n) is 6.70. The van der Waals surface area contributed by atoms with Gasteiger partial charge in [-0.3, -0.25) is 14.3 Å². The number of fused-ring (bicyclic) bond motifs is 1. The zero-order chi connectivity index (χ0) is 21.6. The van der Waals surface area contributed by atoms with E-state index in [4.69, 9.17) is 0 Å². The van der Waals surface area contributed by atoms with E-state index in [1.807, 2.05) is 0 Å². The lowest BCUT2D eigenvalue weighted by Crippen LogP contribution is -2.24. The number of aryl methyl sites for hydroxylation is 1. The number of nitrogens with zero attached hydrogens (tertiary/aromatic N) is 2. The van der Waals surface area contributed by atoms with Gasteiger partial charge in [0.1, 0.15) is 6.61 Å². The smallest absolute Gasteiger partial charge is 0.367 e. The third-order valence-electron chi connectivity index (χ3n) is 4.36. The number of rotatable bonds is 8. The molecule has 0 spiro atoms. The van der Waals surface area contributed by atoms with Gasteiger partial charge in [0.05, 0.1) is 24.9 Å². The largest absolute Gasteiger partial charge is 0.411 e. The fourth-order valence-corrected chi connectivity index (χ4v) is 2.87. The van der Waals surface area contributed by atoms with Gasteiger partial charge in [0, 0.05) is 18.4 Å². The van der Waals surface area contributed by atoms with Gasteiger partial charge in [-0.1, -0.05) is 36.4 Å². The topological polar surface area (TPSA) is 73.2 Å². The zero-order valence-electron chi connectivity index (χ0n) is 16.0. The molecule has 6 nitrogen and oxygen atoms in total. The number of aromatic nitrogens is 2. The van der Waals surface area contributed by atoms with E-state index in [-0.39, 0.29) is 24.4 Å². The van der Waals surface area contributed by atoms with Crippen LogP contribution in [0.4, 0.5) is 13.2 Å². The molecule has 1 amide bonds. The molecule has 0 bridgehead atoms. The van der Waals surface area contributed by atoms with E-state index in [0.717, 1.165) is 5.56 Å². The Morgan fingerprint density at radius 2 is 1.77 bits per heavy atom. The lowest BCUT2D eigenvalue weighted by atomic mass is 10.1. The summed E-state index contributed by atoms with van der Waals surface area (Å²) in [5, 5.41) is 7.43. The molecule has 0 aliphatic heterocycles. The van der Waals surface area contributed by atoms with Crippen LogP contribution in [-0.2, 0) is 29.2 Å². The van der Waals surface area contributed by atoms with Crippen LogP contribution in [0.3, 0.4) is 0 Å². The minimum Gasteiger partial charge on any atom is -0.367 e. The maximum Gasteiger partial charge on any atom is 0.411 e. The Morgan fingerprint density at radius 1 is 1.07 bits per heavy atom. The Labute approximate surface area is 170 Å². The molecular formula is C21H20F3N3O3. The van der Waals surface area contributed by atoms with Crippen LogP contribution in [0.5, 0.6) is 0 Å². The van der Waals surface area contributed by atoms with E-state index in [9.17, 15) is 22.8 Å². The van der Waals surface area contributed by atoms with Gasteiger partial charge < -0.3 is 10.1 Å². The summed E-state index contributed by atoms with van der Waals surface area (Å²) in [7, 11) is 0. The number of halogens is 3. The Bertz CT molecular complexity index is 1060. The summed E-state index contributed by atoms with van der Waals surface area (Å²) in [5.41, 5.74) is 1.93. The molecule has 0 radical (unpaired) electrons. The molecule has 2 aromatic carbocycles. The molecule has 3 rings (SSSR count). The van der Waals surface area contributed by atoms with Gasteiger partial charge in [-0.2, -0.15) is 18.3 Å². The van der Waals surface area contributed by atoms with E-state index in [1.165, 1.54) is 6.20 Å². The van der Waals surface area contributed by atoms with Crippen molar-refractivity contribution >= 4 is 16.8 Å². The lowest BCUT2D eigenvalue weighted by Gasteiger charge is -2.10. The van der Waals surface area contributed by atoms with Crippen molar-refractivity contribution in [2.75, 3.05) is 6.61 Å². The van der Waals surface area contributed by atoms with E-state index in [2.05, 4.69) is 15.2 Å². The van der Waals surface area contributed by atoms with Gasteiger partial charge in [-0.25, -0.2) is 0 Å². The van der Waals surface area contributed by atoms with Crippen LogP contribution in [0.1, 0.15) is 17.5 Å². The summed E-state index contributed by atoms with van der Waals surface area (Å²) in [6.45, 7) is -0.806. The molecule has 0 atom stereocenters. The molecule has 30 heavy (non-hydrogen) atoms. The van der Waals surface area contributed by atoms with Crippen molar-refractivity contribution in [2.45, 2.75) is 32.3 Å². The van der Waals surface area contributed by atoms with Crippen molar-refractivity contribution in [3.05, 3.63) is 76.1 Å². The van der Waals surface area contributed by atoms with Crippen molar-refractivity contribution in [2.24, 2.45) is 0 Å². The number of para-hydroxylation sites is 1. The molecule has 158 valence electrons. The van der Waals surface area contributed by atoms with Gasteiger partial charge in [-0.15, -0.1) is 0 Å². The highest BCUT2D eigenvalue weighted by atomic mass is 19.4. The standard InChI is InChI=1S/C21H20F3N3O3/c22-21(23,24)14-30-13-16-7-5-15(6-8-16)11-25-20(29)9-10-27-18-4-2-1-3-17(18)19(28)12-26-27/h1-8,12H,9-11,13-14H2,(H,25,29). The van der Waals surface area contributed by atoms with E-state index >= 15 is 0 Å². The van der Waals surface area contributed by atoms with E-state index in [0.29, 0.717) is 29.6 Å². The third-order valence-corrected chi connectivity index (χ3v) is 4.36. The number of nitrogens with one attached hydrogen (secondary N) is 1. The first-order chi connectivity index (χ1) is 14.3. The summed E-state index contributed by atoms with van der Waals surface area (Å²) in [6.07, 6.45) is -2.93. The van der Waals surface area contributed by atoms with Gasteiger partial charge in [0.2, 0.25) is 11.3 Å². The molecule has 0 unspecified atom stereocenters. The average Bonchev–Trinajstić information content (AvgIpc) is 2.72. The highest BCUT2D eigenvalue weighted by Crippen LogP contribution is 2.16. The fourth-order valence-electron chi connectivity index (χ4n) is 2.87. The number of carbonyl (C=O) groups excluding carboxylic acids is 1. The number of hydrogen-bond acceptors (Lipinski definition) is 4. The van der Waals surface area contributed by atoms with Crippen LogP contribution >= 0.6 is 0 Å². The quantitative estimate of drug-likeness (QED) is 0.609. The Hall–Kier alpha value is -3.20. The van der Waals surface area contributed by atoms with Crippen molar-refractivity contribution in [3.63, 3.8) is 0 Å². The van der Waals surface area contributed by atoms with Crippen LogP contribution in [0.25, 0.3) is 10.9 Å². The van der Waals surface area contributed by atoms with E-state index < -0.39 is 12.8 Å². The maximum absolute atomic E-state index is 12.2. The number of amides is 1. The summed E-state index contributed by atoms with van der Waals surface area (Å²) >= 11 is 0. The molecule has 0 saturated heterocycles. The number of hydrogen-bond donors (Lipinski definition) is 1. The SMILES string of the molecule is O=C(CCn1ncc(=O)c2ccccc21)NCc1ccc(COCC(F)(F)F)cc1. The monoisotopic (exact) mass is 419 g/mol. The first-order valence-electron chi connectivity index (χ1n) is 9.26. The number of carbonyl (C=O) groups is 1. The zero-order valence-corrected chi connectivity index (χ0v) is 16.0. The Morgan fingerprint density at radius 3 is 2.50 bits per heavy atom. The molecule has 0 aliphatic rings. The molecule has 0 fully saturated rings. The van der Waals surface area contributed by atoms with Crippen LogP contribution in [-0.4, -0.2) is 28.5 Å². The fraction of sp³-hybridized carbons (Fsp3) is 0.286. The average molecular weight is 419 g/mol. The summed E-state index contributed by atoms with van der Waals surface area (Å²) in [6, 6.07) is 13.8. The maximum atomic E-state index is 12.2. The predicted molar refractivity (Wildman–Crippen MR) is 105 cm³/mol. The molecule has 0 aliphatic carbocycles. The molecule has 0 saturated carbocycles. The molecule has 1 aromatic heterocycles. The number of benzene rings is 2. The van der Waals surface area contributed by atoms with Crippen LogP contribution in [0, 0.1) is 0 Å². The third kappa shape index (κ3) is 6.15. The van der Waals surface area contributed by atoms with Crippen molar-refractivity contribution < 1.29 is 22.7 Å². The molecule has 9 heteroatoms. The van der Waals surface area contributed by atoms with Crippen molar-refractivity contribution in [1.29, 1.82) is 0 Å². The summed E-state index contributed by atoms with van der Waals surface area (Å²) in [5.74, 6) is -0.183. The second kappa shape index (κ2) is 9.53. The number of alkyl halides is 3. The molecule has 3 aromatic rings. The van der Waals surface area contributed by atoms with Crippen LogP contribution in [0.2, 0.25) is 0 Å². The van der Waals surface area contributed by atoms with Crippen LogP contribution in [0.15, 0.2) is 59.5 Å². The second-order valence-corrected chi connectivity index (χ2v) is 6.70. The Kier molecular flexibility index (Phi) is 6.83. The van der Waals surface area contributed by atoms with E-state index in [1.54, 1.807) is 53.2 Å². The minimum atomic E-state index is -4.35. The summed E-state index contributed by atoms with van der Waals surface area (Å²) in [4.78, 5) is 24.0. The lowest BCUT2D eigenvalue weighted by molar-refractivity contribution is -0.176. The minimum absolute atomic E-state index is 0.132. The molecular weight excluding hydrogens is 399 g/mol. The Balaban J connectivity index is 1.47. The molecule has 1 N–H and O–H groups in total. The van der Waals surface area contributed by atoms with Gasteiger partial charge in [0.15, 0.2) is 0 Å². The van der Waals surface area contributed by atoms with Gasteiger partial charge in [-0.05, 0) is 23.3 Å². The molecule has 1 heterocycles. The highest BCUT2D eigenvalue weighted by molar-refractivity contribution is 5.79. The van der Waals surface area contributed by atoms with Crippen molar-refractivity contribution in [1.82, 2.24) is 15.1 Å². The van der Waals surface area contributed by atoms with Gasteiger partial charge >= 0.3 is 6.18 Å². The normalized spacial score (nSPS) is 11.6. The van der Waals surface area contributed by atoms with Crippen LogP contribution < -0.4 is 10.7 Å².